The van der Waals surface area contributed by atoms with Crippen molar-refractivity contribution in [1.82, 2.24) is 10.2 Å². The molecule has 0 spiro atoms. The number of hydrogen-bond acceptors (Lipinski definition) is 8. The first kappa shape index (κ1) is 27.0. The van der Waals surface area contributed by atoms with Gasteiger partial charge >= 0.3 is 5.97 Å². The van der Waals surface area contributed by atoms with Gasteiger partial charge in [0.1, 0.15) is 12.6 Å². The van der Waals surface area contributed by atoms with Gasteiger partial charge in [-0.3, -0.25) is 39.0 Å². The Balaban J connectivity index is 1.43. The number of ether oxygens (including phenoxy) is 2. The lowest BCUT2D eigenvalue weighted by atomic mass is 10.0. The third-order valence-corrected chi connectivity index (χ3v) is 5.88. The number of rotatable bonds is 13. The molecule has 36 heavy (non-hydrogen) atoms. The molecule has 3 rings (SSSR count). The van der Waals surface area contributed by atoms with Gasteiger partial charge in [0.05, 0.1) is 23.4 Å². The van der Waals surface area contributed by atoms with Crippen LogP contribution in [0.2, 0.25) is 0 Å². The molecular weight excluding hydrogens is 470 g/mol. The van der Waals surface area contributed by atoms with Gasteiger partial charge in [-0.15, -0.1) is 0 Å². The van der Waals surface area contributed by atoms with Crippen LogP contribution in [-0.2, 0) is 28.7 Å². The van der Waals surface area contributed by atoms with Crippen LogP contribution < -0.4 is 10.6 Å². The van der Waals surface area contributed by atoms with Gasteiger partial charge in [0, 0.05) is 25.9 Å². The van der Waals surface area contributed by atoms with Gasteiger partial charge in [-0.2, -0.15) is 0 Å². The van der Waals surface area contributed by atoms with Crippen LogP contribution in [0.25, 0.3) is 0 Å². The van der Waals surface area contributed by atoms with Gasteiger partial charge in [0.2, 0.25) is 17.7 Å². The number of hydrogen-bond donors (Lipinski definition) is 2. The zero-order valence-corrected chi connectivity index (χ0v) is 20.3. The van der Waals surface area contributed by atoms with Crippen molar-refractivity contribution in [2.75, 3.05) is 25.1 Å². The van der Waals surface area contributed by atoms with Crippen LogP contribution in [0.1, 0.15) is 79.0 Å². The molecule has 11 heteroatoms. The van der Waals surface area contributed by atoms with Gasteiger partial charge in [0.25, 0.3) is 11.8 Å². The number of nitrogens with one attached hydrogen (secondary N) is 2. The van der Waals surface area contributed by atoms with Gasteiger partial charge in [-0.1, -0.05) is 19.4 Å². The quantitative estimate of drug-likeness (QED) is 0.237. The van der Waals surface area contributed by atoms with E-state index in [0.29, 0.717) is 26.1 Å². The number of anilines is 1. The van der Waals surface area contributed by atoms with E-state index in [-0.39, 0.29) is 54.6 Å². The minimum atomic E-state index is -1.07. The average molecular weight is 502 g/mol. The highest BCUT2D eigenvalue weighted by atomic mass is 16.6. The highest BCUT2D eigenvalue weighted by Gasteiger charge is 2.45. The Hall–Kier alpha value is -3.60. The zero-order valence-electron chi connectivity index (χ0n) is 20.3. The summed E-state index contributed by atoms with van der Waals surface area (Å²) in [5.41, 5.74) is 0.375. The number of esters is 1. The smallest absolute Gasteiger partial charge is 0.305 e. The first-order valence-corrected chi connectivity index (χ1v) is 12.2. The van der Waals surface area contributed by atoms with Crippen LogP contribution in [-0.4, -0.2) is 66.3 Å². The molecule has 1 atom stereocenters. The van der Waals surface area contributed by atoms with Crippen molar-refractivity contribution in [3.8, 4) is 0 Å². The second-order valence-corrected chi connectivity index (χ2v) is 8.62. The summed E-state index contributed by atoms with van der Waals surface area (Å²) in [6, 6.07) is 3.51. The van der Waals surface area contributed by atoms with E-state index in [1.165, 1.54) is 12.1 Å². The lowest BCUT2D eigenvalue weighted by molar-refractivity contribution is -0.145. The maximum absolute atomic E-state index is 13.1. The molecule has 0 bridgehead atoms. The van der Waals surface area contributed by atoms with E-state index in [0.717, 1.165) is 24.2 Å². The zero-order chi connectivity index (χ0) is 26.1. The molecule has 0 aromatic heterocycles. The molecular formula is C25H31N3O8. The summed E-state index contributed by atoms with van der Waals surface area (Å²) >= 11 is 0. The van der Waals surface area contributed by atoms with E-state index in [2.05, 4.69) is 10.6 Å². The maximum atomic E-state index is 13.1. The second-order valence-electron chi connectivity index (χ2n) is 8.62. The normalized spacial score (nSPS) is 17.1. The van der Waals surface area contributed by atoms with Crippen LogP contribution >= 0.6 is 0 Å². The molecule has 2 N–H and O–H groups in total. The molecule has 1 fully saturated rings. The number of fused-ring (bicyclic) bond motifs is 1. The fraction of sp³-hybridized carbons (Fsp3) is 0.520. The van der Waals surface area contributed by atoms with Gasteiger partial charge < -0.3 is 14.8 Å². The molecule has 5 amide bonds. The summed E-state index contributed by atoms with van der Waals surface area (Å²) in [5.74, 6) is -2.95. The summed E-state index contributed by atoms with van der Waals surface area (Å²) in [6.07, 6.45) is 3.55. The minimum Gasteiger partial charge on any atom is -0.463 e. The van der Waals surface area contributed by atoms with Crippen molar-refractivity contribution in [2.24, 2.45) is 0 Å². The highest BCUT2D eigenvalue weighted by molar-refractivity contribution is 6.26. The SMILES string of the molecule is CCCC(=O)OCCOCCCCCC(=O)Nc1cccc2c1C(=O)N(C1CCC(=O)NC1=O)C2=O. The van der Waals surface area contributed by atoms with E-state index >= 15 is 0 Å². The summed E-state index contributed by atoms with van der Waals surface area (Å²) in [7, 11) is 0. The molecule has 2 heterocycles. The predicted molar refractivity (Wildman–Crippen MR) is 127 cm³/mol. The number of amides is 5. The topological polar surface area (TPSA) is 148 Å². The minimum absolute atomic E-state index is 0.0326. The Morgan fingerprint density at radius 3 is 2.58 bits per heavy atom. The molecule has 1 saturated heterocycles. The van der Waals surface area contributed by atoms with Crippen LogP contribution in [0.4, 0.5) is 5.69 Å². The highest BCUT2D eigenvalue weighted by Crippen LogP contribution is 2.32. The predicted octanol–water partition coefficient (Wildman–Crippen LogP) is 1.95. The van der Waals surface area contributed by atoms with Crippen LogP contribution in [0, 0.1) is 0 Å². The molecule has 2 aliphatic heterocycles. The Bertz CT molecular complexity index is 1040. The van der Waals surface area contributed by atoms with Crippen molar-refractivity contribution < 1.29 is 38.2 Å². The Morgan fingerprint density at radius 1 is 1.03 bits per heavy atom. The number of imide groups is 2. The second kappa shape index (κ2) is 12.9. The molecule has 11 nitrogen and oxygen atoms in total. The lowest BCUT2D eigenvalue weighted by Gasteiger charge is -2.27. The monoisotopic (exact) mass is 501 g/mol. The molecule has 194 valence electrons. The van der Waals surface area contributed by atoms with Crippen LogP contribution in [0.5, 0.6) is 0 Å². The number of nitrogens with zero attached hydrogens (tertiary/aromatic N) is 1. The molecule has 0 saturated carbocycles. The van der Waals surface area contributed by atoms with Crippen LogP contribution in [0.15, 0.2) is 18.2 Å². The molecule has 1 aromatic carbocycles. The van der Waals surface area contributed by atoms with Gasteiger partial charge in [0.15, 0.2) is 0 Å². The molecule has 2 aliphatic rings. The number of carbonyl (C=O) groups is 6. The van der Waals surface area contributed by atoms with Crippen molar-refractivity contribution in [1.29, 1.82) is 0 Å². The third-order valence-electron chi connectivity index (χ3n) is 5.88. The average Bonchev–Trinajstić information content (AvgIpc) is 3.09. The van der Waals surface area contributed by atoms with E-state index in [1.54, 1.807) is 6.07 Å². The fourth-order valence-corrected chi connectivity index (χ4v) is 4.09. The Labute approximate surface area is 208 Å². The number of carbonyl (C=O) groups excluding carboxylic acids is 6. The number of piperidine rings is 1. The molecule has 1 aromatic rings. The largest absolute Gasteiger partial charge is 0.463 e. The van der Waals surface area contributed by atoms with Crippen molar-refractivity contribution >= 4 is 41.2 Å². The summed E-state index contributed by atoms with van der Waals surface area (Å²) in [4.78, 5) is 74.1. The van der Waals surface area contributed by atoms with Gasteiger partial charge in [-0.25, -0.2) is 0 Å². The third kappa shape index (κ3) is 6.75. The van der Waals surface area contributed by atoms with Gasteiger partial charge in [-0.05, 0) is 37.8 Å². The fourth-order valence-electron chi connectivity index (χ4n) is 4.09. The number of unbranched alkanes of at least 4 members (excludes halogenated alkanes) is 2. The standard InChI is InChI=1S/C25H31N3O8/c1-2-7-21(31)36-15-14-35-13-5-3-4-10-19(29)26-17-9-6-8-16-22(17)25(34)28(24(16)33)18-11-12-20(30)27-23(18)32/h6,8-9,18H,2-5,7,10-15H2,1H3,(H,26,29)(H,27,30,32). The summed E-state index contributed by atoms with van der Waals surface area (Å²) in [5, 5.41) is 4.86. The maximum Gasteiger partial charge on any atom is 0.305 e. The van der Waals surface area contributed by atoms with Crippen LogP contribution in [0.3, 0.4) is 0 Å². The Kier molecular flexibility index (Phi) is 9.69. The number of benzene rings is 1. The molecule has 0 radical (unpaired) electrons. The molecule has 0 aliphatic carbocycles. The van der Waals surface area contributed by atoms with E-state index < -0.39 is 29.7 Å². The van der Waals surface area contributed by atoms with E-state index in [1.807, 2.05) is 6.92 Å². The summed E-state index contributed by atoms with van der Waals surface area (Å²) < 4.78 is 10.4. The van der Waals surface area contributed by atoms with E-state index in [9.17, 15) is 28.8 Å². The Morgan fingerprint density at radius 2 is 1.83 bits per heavy atom. The van der Waals surface area contributed by atoms with E-state index in [4.69, 9.17) is 9.47 Å². The molecule has 1 unspecified atom stereocenters. The lowest BCUT2D eigenvalue weighted by Crippen LogP contribution is -2.54. The van der Waals surface area contributed by atoms with Crippen molar-refractivity contribution in [2.45, 2.75) is 64.3 Å². The van der Waals surface area contributed by atoms with Crippen molar-refractivity contribution in [3.63, 3.8) is 0 Å². The summed E-state index contributed by atoms with van der Waals surface area (Å²) in [6.45, 7) is 2.96. The first-order valence-electron chi connectivity index (χ1n) is 12.2. The van der Waals surface area contributed by atoms with Crippen molar-refractivity contribution in [3.05, 3.63) is 29.3 Å². The first-order chi connectivity index (χ1) is 17.3.